The number of hydrogen-bond acceptors (Lipinski definition) is 2. The summed E-state index contributed by atoms with van der Waals surface area (Å²) in [5.41, 5.74) is 0.467. The Labute approximate surface area is 120 Å². The minimum Gasteiger partial charge on any atom is -0.311 e. The molecule has 1 heterocycles. The van der Waals surface area contributed by atoms with Gasteiger partial charge in [-0.15, -0.1) is 0 Å². The first-order valence-corrected chi connectivity index (χ1v) is 8.74. The molecule has 0 radical (unpaired) electrons. The van der Waals surface area contributed by atoms with Gasteiger partial charge in [0, 0.05) is 31.2 Å². The highest BCUT2D eigenvalue weighted by Crippen LogP contribution is 2.32. The first-order valence-electron chi connectivity index (χ1n) is 8.74. The Bertz CT molecular complexity index is 246. The highest BCUT2D eigenvalue weighted by molar-refractivity contribution is 4.94. The molecule has 1 aliphatic heterocycles. The van der Waals surface area contributed by atoms with Crippen molar-refractivity contribution in [3.8, 4) is 0 Å². The molecule has 1 saturated carbocycles. The van der Waals surface area contributed by atoms with E-state index in [1.165, 1.54) is 71.0 Å². The summed E-state index contributed by atoms with van der Waals surface area (Å²) in [5.74, 6) is 0.944. The number of rotatable bonds is 5. The Morgan fingerprint density at radius 3 is 2.21 bits per heavy atom. The highest BCUT2D eigenvalue weighted by atomic mass is 15.3. The standard InChI is InChI=1S/C17H34N2/c1-4-17(5-2,6-3)19-13-12-18-16(14-19)15-10-8-7-9-11-15/h15-16,18H,4-14H2,1-3H3. The quantitative estimate of drug-likeness (QED) is 0.814. The van der Waals surface area contributed by atoms with Crippen LogP contribution in [0.1, 0.15) is 72.1 Å². The lowest BCUT2D eigenvalue weighted by atomic mass is 9.81. The van der Waals surface area contributed by atoms with E-state index in [9.17, 15) is 0 Å². The molecule has 0 aromatic heterocycles. The summed E-state index contributed by atoms with van der Waals surface area (Å²) >= 11 is 0. The lowest BCUT2D eigenvalue weighted by Gasteiger charge is -2.49. The van der Waals surface area contributed by atoms with Gasteiger partial charge in [-0.2, -0.15) is 0 Å². The zero-order chi connectivity index (χ0) is 13.7. The monoisotopic (exact) mass is 266 g/mol. The van der Waals surface area contributed by atoms with Crippen molar-refractivity contribution in [1.82, 2.24) is 10.2 Å². The molecular weight excluding hydrogens is 232 g/mol. The van der Waals surface area contributed by atoms with Gasteiger partial charge in [0.05, 0.1) is 0 Å². The van der Waals surface area contributed by atoms with Crippen molar-refractivity contribution in [2.45, 2.75) is 83.7 Å². The SMILES string of the molecule is CCC(CC)(CC)N1CCNC(C2CCCCC2)C1. The molecule has 1 unspecified atom stereocenters. The molecule has 2 nitrogen and oxygen atoms in total. The third-order valence-electron chi connectivity index (χ3n) is 6.07. The summed E-state index contributed by atoms with van der Waals surface area (Å²) in [6, 6.07) is 0.762. The molecule has 112 valence electrons. The molecule has 0 spiro atoms. The van der Waals surface area contributed by atoms with Crippen LogP contribution in [-0.2, 0) is 0 Å². The van der Waals surface area contributed by atoms with Crippen LogP contribution in [0.15, 0.2) is 0 Å². The van der Waals surface area contributed by atoms with Crippen LogP contribution in [0.4, 0.5) is 0 Å². The van der Waals surface area contributed by atoms with Gasteiger partial charge in [0.1, 0.15) is 0 Å². The zero-order valence-corrected chi connectivity index (χ0v) is 13.4. The number of piperazine rings is 1. The van der Waals surface area contributed by atoms with Gasteiger partial charge in [0.2, 0.25) is 0 Å². The van der Waals surface area contributed by atoms with Crippen LogP contribution in [0.3, 0.4) is 0 Å². The van der Waals surface area contributed by atoms with E-state index in [-0.39, 0.29) is 0 Å². The van der Waals surface area contributed by atoms with E-state index in [1.54, 1.807) is 0 Å². The molecule has 1 aliphatic carbocycles. The van der Waals surface area contributed by atoms with E-state index in [4.69, 9.17) is 0 Å². The van der Waals surface area contributed by atoms with Gasteiger partial charge in [-0.1, -0.05) is 40.0 Å². The average Bonchev–Trinajstić information content (AvgIpc) is 2.51. The molecule has 2 aliphatic rings. The third-order valence-corrected chi connectivity index (χ3v) is 6.07. The number of nitrogens with zero attached hydrogens (tertiary/aromatic N) is 1. The molecule has 0 amide bonds. The van der Waals surface area contributed by atoms with Crippen molar-refractivity contribution < 1.29 is 0 Å². The minimum atomic E-state index is 0.467. The first-order chi connectivity index (χ1) is 9.25. The van der Waals surface area contributed by atoms with E-state index in [0.717, 1.165) is 12.0 Å². The predicted octanol–water partition coefficient (Wildman–Crippen LogP) is 3.81. The Kier molecular flexibility index (Phi) is 5.70. The molecule has 0 aromatic rings. The van der Waals surface area contributed by atoms with Crippen molar-refractivity contribution in [3.05, 3.63) is 0 Å². The van der Waals surface area contributed by atoms with Gasteiger partial charge in [-0.05, 0) is 38.0 Å². The summed E-state index contributed by atoms with van der Waals surface area (Å²) in [6.45, 7) is 10.9. The molecule has 0 bridgehead atoms. The molecule has 1 N–H and O–H groups in total. The van der Waals surface area contributed by atoms with Gasteiger partial charge in [-0.3, -0.25) is 4.90 Å². The second-order valence-electron chi connectivity index (χ2n) is 6.69. The van der Waals surface area contributed by atoms with Gasteiger partial charge in [0.15, 0.2) is 0 Å². The van der Waals surface area contributed by atoms with Crippen molar-refractivity contribution in [2.75, 3.05) is 19.6 Å². The summed E-state index contributed by atoms with van der Waals surface area (Å²) in [6.07, 6.45) is 11.2. The zero-order valence-electron chi connectivity index (χ0n) is 13.4. The lowest BCUT2D eigenvalue weighted by molar-refractivity contribution is 0.0297. The van der Waals surface area contributed by atoms with Gasteiger partial charge in [0.25, 0.3) is 0 Å². The third kappa shape index (κ3) is 3.33. The van der Waals surface area contributed by atoms with Crippen LogP contribution < -0.4 is 5.32 Å². The molecule has 2 heteroatoms. The Morgan fingerprint density at radius 1 is 1.00 bits per heavy atom. The molecule has 1 atom stereocenters. The predicted molar refractivity (Wildman–Crippen MR) is 83.5 cm³/mol. The van der Waals surface area contributed by atoms with Crippen LogP contribution in [0.25, 0.3) is 0 Å². The maximum absolute atomic E-state index is 3.82. The number of hydrogen-bond donors (Lipinski definition) is 1. The van der Waals surface area contributed by atoms with E-state index >= 15 is 0 Å². The molecule has 2 fully saturated rings. The Hall–Kier alpha value is -0.0800. The summed E-state index contributed by atoms with van der Waals surface area (Å²) in [4.78, 5) is 2.82. The molecule has 2 rings (SSSR count). The van der Waals surface area contributed by atoms with E-state index < -0.39 is 0 Å². The molecular formula is C17H34N2. The molecule has 19 heavy (non-hydrogen) atoms. The fraction of sp³-hybridized carbons (Fsp3) is 1.00. The van der Waals surface area contributed by atoms with E-state index in [0.29, 0.717) is 5.54 Å². The molecule has 1 saturated heterocycles. The van der Waals surface area contributed by atoms with Crippen molar-refractivity contribution in [3.63, 3.8) is 0 Å². The van der Waals surface area contributed by atoms with Crippen LogP contribution in [0.5, 0.6) is 0 Å². The summed E-state index contributed by atoms with van der Waals surface area (Å²) in [5, 5.41) is 3.82. The van der Waals surface area contributed by atoms with Crippen LogP contribution in [0.2, 0.25) is 0 Å². The Morgan fingerprint density at radius 2 is 1.63 bits per heavy atom. The normalized spacial score (nSPS) is 27.6. The van der Waals surface area contributed by atoms with Crippen molar-refractivity contribution >= 4 is 0 Å². The topological polar surface area (TPSA) is 15.3 Å². The van der Waals surface area contributed by atoms with E-state index in [2.05, 4.69) is 31.0 Å². The van der Waals surface area contributed by atoms with E-state index in [1.807, 2.05) is 0 Å². The van der Waals surface area contributed by atoms with Crippen molar-refractivity contribution in [2.24, 2.45) is 5.92 Å². The van der Waals surface area contributed by atoms with Gasteiger partial charge >= 0.3 is 0 Å². The Balaban J connectivity index is 1.99. The maximum Gasteiger partial charge on any atom is 0.0223 e. The summed E-state index contributed by atoms with van der Waals surface area (Å²) in [7, 11) is 0. The fourth-order valence-corrected chi connectivity index (χ4v) is 4.48. The second-order valence-corrected chi connectivity index (χ2v) is 6.69. The smallest absolute Gasteiger partial charge is 0.0223 e. The summed E-state index contributed by atoms with van der Waals surface area (Å²) < 4.78 is 0. The van der Waals surface area contributed by atoms with Crippen LogP contribution in [-0.4, -0.2) is 36.1 Å². The van der Waals surface area contributed by atoms with Gasteiger partial charge in [-0.25, -0.2) is 0 Å². The molecule has 0 aromatic carbocycles. The number of nitrogens with one attached hydrogen (secondary N) is 1. The largest absolute Gasteiger partial charge is 0.311 e. The van der Waals surface area contributed by atoms with Crippen molar-refractivity contribution in [1.29, 1.82) is 0 Å². The maximum atomic E-state index is 3.82. The average molecular weight is 266 g/mol. The fourth-order valence-electron chi connectivity index (χ4n) is 4.48. The highest BCUT2D eigenvalue weighted by Gasteiger charge is 2.36. The lowest BCUT2D eigenvalue weighted by Crippen LogP contribution is -2.61. The minimum absolute atomic E-state index is 0.467. The van der Waals surface area contributed by atoms with Crippen LogP contribution >= 0.6 is 0 Å². The second kappa shape index (κ2) is 7.08. The first kappa shape index (κ1) is 15.3. The van der Waals surface area contributed by atoms with Crippen LogP contribution in [0, 0.1) is 5.92 Å². The van der Waals surface area contributed by atoms with Gasteiger partial charge < -0.3 is 5.32 Å².